The van der Waals surface area contributed by atoms with Gasteiger partial charge in [0.05, 0.1) is 7.11 Å². The van der Waals surface area contributed by atoms with Gasteiger partial charge in [-0.25, -0.2) is 4.79 Å². The normalized spacial score (nSPS) is 9.25. The van der Waals surface area contributed by atoms with E-state index in [4.69, 9.17) is 0 Å². The molecule has 3 nitrogen and oxygen atoms in total. The van der Waals surface area contributed by atoms with E-state index in [1.807, 2.05) is 0 Å². The molecule has 0 heterocycles. The van der Waals surface area contributed by atoms with Crippen LogP contribution in [0.4, 0.5) is 0 Å². The fraction of sp³-hybridized carbons (Fsp3) is 0.400. The summed E-state index contributed by atoms with van der Waals surface area (Å²) in [4.78, 5) is 10.2. The fourth-order valence-electron chi connectivity index (χ4n) is 0.219. The Balaban J connectivity index is 3.37. The summed E-state index contributed by atoms with van der Waals surface area (Å²) in [7, 11) is 3.04. The summed E-state index contributed by atoms with van der Waals surface area (Å²) >= 11 is 0. The average Bonchev–Trinajstić information content (AvgIpc) is 1.83. The number of carbonyl (C=O) groups is 1. The minimum absolute atomic E-state index is 0.348. The van der Waals surface area contributed by atoms with Crippen LogP contribution >= 0.6 is 0 Å². The first-order chi connectivity index (χ1) is 3.81. The van der Waals surface area contributed by atoms with E-state index < -0.39 is 0 Å². The Kier molecular flexibility index (Phi) is 3.66. The highest BCUT2D eigenvalue weighted by atomic mass is 16.5. The van der Waals surface area contributed by atoms with Gasteiger partial charge in [0.25, 0.3) is 0 Å². The zero-order chi connectivity index (χ0) is 6.41. The van der Waals surface area contributed by atoms with Crippen LogP contribution in [0.25, 0.3) is 0 Å². The first-order valence-electron chi connectivity index (χ1n) is 2.23. The first-order valence-corrected chi connectivity index (χ1v) is 2.23. The number of methoxy groups -OCH3 is 1. The lowest BCUT2D eigenvalue weighted by atomic mass is 10.6. The van der Waals surface area contributed by atoms with Gasteiger partial charge in [0.2, 0.25) is 0 Å². The molecule has 0 aromatic carbocycles. The van der Waals surface area contributed by atoms with Crippen molar-refractivity contribution in [3.63, 3.8) is 0 Å². The standard InChI is InChI=1S/C5H9NO2/c1-6-4-3-5(7)8-2/h3-4,6H,1-2H3/b4-3-. The summed E-state index contributed by atoms with van der Waals surface area (Å²) in [5, 5.41) is 2.65. The van der Waals surface area contributed by atoms with E-state index >= 15 is 0 Å². The predicted molar refractivity (Wildman–Crippen MR) is 30.2 cm³/mol. The summed E-state index contributed by atoms with van der Waals surface area (Å²) < 4.78 is 4.29. The van der Waals surface area contributed by atoms with Crippen molar-refractivity contribution in [1.82, 2.24) is 5.32 Å². The van der Waals surface area contributed by atoms with Crippen LogP contribution in [-0.4, -0.2) is 20.1 Å². The zero-order valence-electron chi connectivity index (χ0n) is 4.97. The highest BCUT2D eigenvalue weighted by molar-refractivity contribution is 5.81. The topological polar surface area (TPSA) is 38.3 Å². The highest BCUT2D eigenvalue weighted by Gasteiger charge is 1.85. The largest absolute Gasteiger partial charge is 0.466 e. The summed E-state index contributed by atoms with van der Waals surface area (Å²) in [6, 6.07) is 0. The van der Waals surface area contributed by atoms with Crippen LogP contribution in [0.5, 0.6) is 0 Å². The zero-order valence-corrected chi connectivity index (χ0v) is 4.97. The van der Waals surface area contributed by atoms with E-state index in [2.05, 4.69) is 10.1 Å². The number of rotatable bonds is 2. The number of hydrogen-bond donors (Lipinski definition) is 1. The minimum atomic E-state index is -0.348. The molecule has 46 valence electrons. The predicted octanol–water partition coefficient (Wildman–Crippen LogP) is -0.108. The molecule has 8 heavy (non-hydrogen) atoms. The van der Waals surface area contributed by atoms with Crippen molar-refractivity contribution in [2.75, 3.05) is 14.2 Å². The number of hydrogen-bond acceptors (Lipinski definition) is 3. The molecule has 0 aliphatic carbocycles. The maximum Gasteiger partial charge on any atom is 0.331 e. The van der Waals surface area contributed by atoms with E-state index in [9.17, 15) is 4.79 Å². The van der Waals surface area contributed by atoms with Gasteiger partial charge >= 0.3 is 5.97 Å². The quantitative estimate of drug-likeness (QED) is 0.403. The van der Waals surface area contributed by atoms with Gasteiger partial charge in [-0.3, -0.25) is 0 Å². The molecule has 0 radical (unpaired) electrons. The number of carbonyl (C=O) groups excluding carboxylic acids is 1. The summed E-state index contributed by atoms with van der Waals surface area (Å²) in [6.45, 7) is 0. The molecule has 0 aliphatic heterocycles. The second kappa shape index (κ2) is 4.18. The maximum atomic E-state index is 10.2. The molecule has 0 aromatic heterocycles. The van der Waals surface area contributed by atoms with Gasteiger partial charge in [-0.05, 0) is 0 Å². The monoisotopic (exact) mass is 115 g/mol. The maximum absolute atomic E-state index is 10.2. The lowest BCUT2D eigenvalue weighted by Gasteiger charge is -1.87. The van der Waals surface area contributed by atoms with E-state index in [-0.39, 0.29) is 5.97 Å². The van der Waals surface area contributed by atoms with Crippen LogP contribution < -0.4 is 5.32 Å². The Bertz CT molecular complexity index is 98.6. The van der Waals surface area contributed by atoms with Gasteiger partial charge in [0.15, 0.2) is 0 Å². The van der Waals surface area contributed by atoms with Crippen LogP contribution in [-0.2, 0) is 9.53 Å². The van der Waals surface area contributed by atoms with Crippen LogP contribution in [0.3, 0.4) is 0 Å². The van der Waals surface area contributed by atoms with E-state index in [1.165, 1.54) is 19.4 Å². The van der Waals surface area contributed by atoms with Gasteiger partial charge in [0.1, 0.15) is 0 Å². The van der Waals surface area contributed by atoms with Crippen molar-refractivity contribution in [3.8, 4) is 0 Å². The average molecular weight is 115 g/mol. The minimum Gasteiger partial charge on any atom is -0.466 e. The van der Waals surface area contributed by atoms with E-state index in [1.54, 1.807) is 7.05 Å². The van der Waals surface area contributed by atoms with Gasteiger partial charge in [0, 0.05) is 19.3 Å². The Hall–Kier alpha value is -0.990. The third-order valence-corrected chi connectivity index (χ3v) is 0.587. The number of ether oxygens (including phenoxy) is 1. The molecule has 3 heteroatoms. The Morgan fingerprint density at radius 2 is 2.38 bits per heavy atom. The first kappa shape index (κ1) is 7.01. The molecular formula is C5H9NO2. The van der Waals surface area contributed by atoms with Gasteiger partial charge < -0.3 is 10.1 Å². The Morgan fingerprint density at radius 3 is 2.75 bits per heavy atom. The SMILES string of the molecule is CN/C=C\C(=O)OC. The van der Waals surface area contributed by atoms with E-state index in [0.29, 0.717) is 0 Å². The van der Waals surface area contributed by atoms with Crippen molar-refractivity contribution < 1.29 is 9.53 Å². The lowest BCUT2D eigenvalue weighted by Crippen LogP contribution is -1.98. The van der Waals surface area contributed by atoms with Crippen LogP contribution in [0.2, 0.25) is 0 Å². The lowest BCUT2D eigenvalue weighted by molar-refractivity contribution is -0.134. The molecule has 0 atom stereocenters. The Labute approximate surface area is 48.3 Å². The van der Waals surface area contributed by atoms with Gasteiger partial charge in [-0.15, -0.1) is 0 Å². The molecule has 0 spiro atoms. The van der Waals surface area contributed by atoms with Crippen LogP contribution in [0, 0.1) is 0 Å². The number of nitrogens with one attached hydrogen (secondary N) is 1. The summed E-state index contributed by atoms with van der Waals surface area (Å²) in [5.41, 5.74) is 0. The molecule has 0 unspecified atom stereocenters. The molecule has 0 aromatic rings. The van der Waals surface area contributed by atoms with Crippen molar-refractivity contribution >= 4 is 5.97 Å². The van der Waals surface area contributed by atoms with Crippen molar-refractivity contribution in [3.05, 3.63) is 12.3 Å². The molecule has 0 bridgehead atoms. The van der Waals surface area contributed by atoms with Gasteiger partial charge in [-0.1, -0.05) is 0 Å². The van der Waals surface area contributed by atoms with Gasteiger partial charge in [-0.2, -0.15) is 0 Å². The van der Waals surface area contributed by atoms with Crippen molar-refractivity contribution in [2.45, 2.75) is 0 Å². The second-order valence-corrected chi connectivity index (χ2v) is 1.15. The molecule has 0 rings (SSSR count). The molecule has 0 aliphatic rings. The molecular weight excluding hydrogens is 106 g/mol. The highest BCUT2D eigenvalue weighted by Crippen LogP contribution is 1.72. The smallest absolute Gasteiger partial charge is 0.331 e. The third-order valence-electron chi connectivity index (χ3n) is 0.587. The summed E-state index contributed by atoms with van der Waals surface area (Å²) in [6.07, 6.45) is 2.81. The van der Waals surface area contributed by atoms with E-state index in [0.717, 1.165) is 0 Å². The molecule has 0 amide bonds. The van der Waals surface area contributed by atoms with Crippen molar-refractivity contribution in [2.24, 2.45) is 0 Å². The van der Waals surface area contributed by atoms with Crippen LogP contribution in [0.15, 0.2) is 12.3 Å². The van der Waals surface area contributed by atoms with Crippen molar-refractivity contribution in [1.29, 1.82) is 0 Å². The van der Waals surface area contributed by atoms with Crippen LogP contribution in [0.1, 0.15) is 0 Å². The summed E-state index contributed by atoms with van der Waals surface area (Å²) in [5.74, 6) is -0.348. The fourth-order valence-corrected chi connectivity index (χ4v) is 0.219. The molecule has 0 saturated carbocycles. The molecule has 0 saturated heterocycles. The third kappa shape index (κ3) is 3.21. The Morgan fingerprint density at radius 1 is 1.75 bits per heavy atom. The second-order valence-electron chi connectivity index (χ2n) is 1.15. The molecule has 0 fully saturated rings. The number of esters is 1. The molecule has 1 N–H and O–H groups in total.